The summed E-state index contributed by atoms with van der Waals surface area (Å²) in [6.45, 7) is 3.12. The van der Waals surface area contributed by atoms with Crippen molar-refractivity contribution in [3.63, 3.8) is 0 Å². The minimum atomic E-state index is -0.250. The molecule has 1 amide bonds. The highest BCUT2D eigenvalue weighted by Gasteiger charge is 2.29. The van der Waals surface area contributed by atoms with E-state index in [-0.39, 0.29) is 19.0 Å². The molecule has 6 heteroatoms. The minimum absolute atomic E-state index is 0.00631. The Labute approximate surface area is 120 Å². The van der Waals surface area contributed by atoms with Crippen molar-refractivity contribution in [2.45, 2.75) is 38.1 Å². The van der Waals surface area contributed by atoms with E-state index in [1.165, 1.54) is 38.6 Å². The maximum atomic E-state index is 11.3. The van der Waals surface area contributed by atoms with E-state index in [2.05, 4.69) is 10.2 Å². The standard InChI is InChI=1S/C13H24N2O2.CH2O2/c1-17-10-13(16)14-8-11-6-7-15(9-11)12-4-2-3-5-12;2-1-3/h11-12H,2-10H2,1H3,(H,14,16);1H,(H,2,3). The van der Waals surface area contributed by atoms with Gasteiger partial charge in [0, 0.05) is 26.2 Å². The van der Waals surface area contributed by atoms with Crippen LogP contribution in [0.3, 0.4) is 0 Å². The Morgan fingerprint density at radius 3 is 2.65 bits per heavy atom. The number of ether oxygens (including phenoxy) is 1. The third-order valence-electron chi connectivity index (χ3n) is 4.02. The minimum Gasteiger partial charge on any atom is -0.483 e. The van der Waals surface area contributed by atoms with Gasteiger partial charge in [0.2, 0.25) is 5.91 Å². The lowest BCUT2D eigenvalue weighted by molar-refractivity contribution is -0.125. The molecule has 1 saturated carbocycles. The fourth-order valence-corrected chi connectivity index (χ4v) is 3.07. The van der Waals surface area contributed by atoms with Crippen molar-refractivity contribution >= 4 is 12.4 Å². The Morgan fingerprint density at radius 2 is 2.05 bits per heavy atom. The molecule has 0 aromatic rings. The largest absolute Gasteiger partial charge is 0.483 e. The zero-order valence-corrected chi connectivity index (χ0v) is 12.2. The van der Waals surface area contributed by atoms with E-state index in [0.29, 0.717) is 5.92 Å². The Kier molecular flexibility index (Phi) is 8.22. The van der Waals surface area contributed by atoms with Crippen molar-refractivity contribution < 1.29 is 19.4 Å². The summed E-state index contributed by atoms with van der Waals surface area (Å²) < 4.78 is 4.80. The molecule has 1 unspecified atom stereocenters. The predicted octanol–water partition coefficient (Wildman–Crippen LogP) is 0.714. The van der Waals surface area contributed by atoms with Crippen LogP contribution in [0.25, 0.3) is 0 Å². The average Bonchev–Trinajstić information content (AvgIpc) is 3.09. The summed E-state index contributed by atoms with van der Waals surface area (Å²) in [5, 5.41) is 9.83. The molecule has 1 aliphatic carbocycles. The molecule has 0 bridgehead atoms. The zero-order valence-electron chi connectivity index (χ0n) is 12.2. The van der Waals surface area contributed by atoms with Crippen LogP contribution in [0.5, 0.6) is 0 Å². The number of nitrogens with zero attached hydrogens (tertiary/aromatic N) is 1. The third-order valence-corrected chi connectivity index (χ3v) is 4.02. The van der Waals surface area contributed by atoms with Gasteiger partial charge in [-0.3, -0.25) is 9.59 Å². The van der Waals surface area contributed by atoms with Gasteiger partial charge in [-0.1, -0.05) is 12.8 Å². The number of amides is 1. The van der Waals surface area contributed by atoms with Crippen molar-refractivity contribution in [3.05, 3.63) is 0 Å². The monoisotopic (exact) mass is 286 g/mol. The van der Waals surface area contributed by atoms with Crippen LogP contribution < -0.4 is 5.32 Å². The first-order valence-electron chi connectivity index (χ1n) is 7.28. The van der Waals surface area contributed by atoms with Gasteiger partial charge in [0.25, 0.3) is 6.47 Å². The van der Waals surface area contributed by atoms with Gasteiger partial charge in [0.15, 0.2) is 0 Å². The van der Waals surface area contributed by atoms with Crippen LogP contribution in [0.1, 0.15) is 32.1 Å². The zero-order chi connectivity index (χ0) is 14.8. The molecule has 1 atom stereocenters. The molecule has 0 radical (unpaired) electrons. The molecule has 2 N–H and O–H groups in total. The number of likely N-dealkylation sites (tertiary alicyclic amines) is 1. The summed E-state index contributed by atoms with van der Waals surface area (Å²) in [4.78, 5) is 22.3. The summed E-state index contributed by atoms with van der Waals surface area (Å²) in [5.74, 6) is 0.642. The van der Waals surface area contributed by atoms with Crippen LogP contribution in [-0.2, 0) is 14.3 Å². The van der Waals surface area contributed by atoms with E-state index >= 15 is 0 Å². The number of hydrogen-bond donors (Lipinski definition) is 2. The second kappa shape index (κ2) is 9.72. The highest BCUT2D eigenvalue weighted by Crippen LogP contribution is 2.28. The molecule has 6 nitrogen and oxygen atoms in total. The predicted molar refractivity (Wildman–Crippen MR) is 75.5 cm³/mol. The summed E-state index contributed by atoms with van der Waals surface area (Å²) >= 11 is 0. The molecule has 116 valence electrons. The van der Waals surface area contributed by atoms with Crippen molar-refractivity contribution in [2.75, 3.05) is 33.4 Å². The first-order valence-corrected chi connectivity index (χ1v) is 7.28. The van der Waals surface area contributed by atoms with Gasteiger partial charge in [-0.2, -0.15) is 0 Å². The van der Waals surface area contributed by atoms with Crippen LogP contribution in [0.15, 0.2) is 0 Å². The number of rotatable bonds is 5. The number of carbonyl (C=O) groups excluding carboxylic acids is 1. The third kappa shape index (κ3) is 5.88. The highest BCUT2D eigenvalue weighted by atomic mass is 16.5. The fraction of sp³-hybridized carbons (Fsp3) is 0.857. The molecule has 1 aliphatic heterocycles. The van der Waals surface area contributed by atoms with Gasteiger partial charge in [-0.25, -0.2) is 0 Å². The molecular weight excluding hydrogens is 260 g/mol. The quantitative estimate of drug-likeness (QED) is 0.728. The Balaban J connectivity index is 0.000000612. The lowest BCUT2D eigenvalue weighted by Crippen LogP contribution is -2.35. The molecule has 2 rings (SSSR count). The lowest BCUT2D eigenvalue weighted by atomic mass is 10.1. The van der Waals surface area contributed by atoms with E-state index < -0.39 is 0 Å². The van der Waals surface area contributed by atoms with Crippen molar-refractivity contribution in [1.29, 1.82) is 0 Å². The van der Waals surface area contributed by atoms with Crippen LogP contribution in [0.2, 0.25) is 0 Å². The van der Waals surface area contributed by atoms with Crippen LogP contribution in [0.4, 0.5) is 0 Å². The van der Waals surface area contributed by atoms with Crippen LogP contribution in [0, 0.1) is 5.92 Å². The molecule has 2 fully saturated rings. The van der Waals surface area contributed by atoms with E-state index in [1.807, 2.05) is 0 Å². The Morgan fingerprint density at radius 1 is 1.40 bits per heavy atom. The number of carbonyl (C=O) groups is 2. The SMILES string of the molecule is COCC(=O)NCC1CCN(C2CCCC2)C1.O=CO. The fourth-order valence-electron chi connectivity index (χ4n) is 3.07. The molecule has 1 saturated heterocycles. The smallest absolute Gasteiger partial charge is 0.290 e. The maximum absolute atomic E-state index is 11.3. The van der Waals surface area contributed by atoms with Gasteiger partial charge in [0.05, 0.1) is 0 Å². The summed E-state index contributed by atoms with van der Waals surface area (Å²) in [6.07, 6.45) is 6.78. The van der Waals surface area contributed by atoms with Gasteiger partial charge in [-0.15, -0.1) is 0 Å². The first-order chi connectivity index (χ1) is 9.71. The molecule has 0 spiro atoms. The second-order valence-electron chi connectivity index (χ2n) is 5.43. The lowest BCUT2D eigenvalue weighted by Gasteiger charge is -2.23. The van der Waals surface area contributed by atoms with E-state index in [9.17, 15) is 4.79 Å². The maximum Gasteiger partial charge on any atom is 0.290 e. The summed E-state index contributed by atoms with van der Waals surface area (Å²) in [5.41, 5.74) is 0. The van der Waals surface area contributed by atoms with Crippen LogP contribution in [-0.4, -0.2) is 61.8 Å². The van der Waals surface area contributed by atoms with Gasteiger partial charge in [0.1, 0.15) is 6.61 Å². The molecule has 20 heavy (non-hydrogen) atoms. The normalized spacial score (nSPS) is 23.1. The van der Waals surface area contributed by atoms with Gasteiger partial charge in [-0.05, 0) is 31.7 Å². The molecule has 0 aromatic heterocycles. The molecular formula is C14H26N2O4. The van der Waals surface area contributed by atoms with Crippen molar-refractivity contribution in [3.8, 4) is 0 Å². The number of methoxy groups -OCH3 is 1. The number of nitrogens with one attached hydrogen (secondary N) is 1. The molecule has 1 heterocycles. The summed E-state index contributed by atoms with van der Waals surface area (Å²) in [6, 6.07) is 0.828. The van der Waals surface area contributed by atoms with E-state index in [1.54, 1.807) is 7.11 Å². The second-order valence-corrected chi connectivity index (χ2v) is 5.43. The number of carboxylic acid groups (broad SMARTS) is 1. The van der Waals surface area contributed by atoms with E-state index in [4.69, 9.17) is 14.6 Å². The highest BCUT2D eigenvalue weighted by molar-refractivity contribution is 5.77. The topological polar surface area (TPSA) is 78.9 Å². The van der Waals surface area contributed by atoms with Crippen molar-refractivity contribution in [1.82, 2.24) is 10.2 Å². The van der Waals surface area contributed by atoms with Crippen molar-refractivity contribution in [2.24, 2.45) is 5.92 Å². The number of hydrogen-bond acceptors (Lipinski definition) is 4. The van der Waals surface area contributed by atoms with E-state index in [0.717, 1.165) is 19.1 Å². The Hall–Kier alpha value is -1.14. The Bertz CT molecular complexity index is 293. The molecule has 0 aromatic carbocycles. The first kappa shape index (κ1) is 16.9. The average molecular weight is 286 g/mol. The van der Waals surface area contributed by atoms with Gasteiger partial charge < -0.3 is 20.1 Å². The van der Waals surface area contributed by atoms with Crippen LogP contribution >= 0.6 is 0 Å². The molecule has 2 aliphatic rings. The summed E-state index contributed by atoms with van der Waals surface area (Å²) in [7, 11) is 1.55. The van der Waals surface area contributed by atoms with Gasteiger partial charge >= 0.3 is 0 Å².